The van der Waals surface area contributed by atoms with E-state index < -0.39 is 0 Å². The van der Waals surface area contributed by atoms with Gasteiger partial charge < -0.3 is 10.2 Å². The van der Waals surface area contributed by atoms with E-state index in [2.05, 4.69) is 17.4 Å². The number of nitrogens with zero attached hydrogens (tertiary/aromatic N) is 1. The van der Waals surface area contributed by atoms with Crippen molar-refractivity contribution in [2.45, 2.75) is 12.5 Å². The normalized spacial score (nSPS) is 17.1. The number of hydrogen-bond donors (Lipinski definition) is 1. The molecule has 0 radical (unpaired) electrons. The van der Waals surface area contributed by atoms with Crippen molar-refractivity contribution in [1.82, 2.24) is 0 Å². The largest absolute Gasteiger partial charge is 0.362 e. The third kappa shape index (κ3) is 2.19. The molecule has 2 aromatic rings. The van der Waals surface area contributed by atoms with E-state index in [-0.39, 0.29) is 11.9 Å². The molecule has 0 bridgehead atoms. The fourth-order valence-corrected chi connectivity index (χ4v) is 2.56. The van der Waals surface area contributed by atoms with Crippen LogP contribution in [-0.4, -0.2) is 19.0 Å². The van der Waals surface area contributed by atoms with E-state index in [1.54, 1.807) is 0 Å². The third-order valence-electron chi connectivity index (χ3n) is 3.60. The van der Waals surface area contributed by atoms with Crippen molar-refractivity contribution in [3.05, 3.63) is 60.2 Å². The van der Waals surface area contributed by atoms with E-state index in [0.717, 1.165) is 17.8 Å². The maximum Gasteiger partial charge on any atom is 0.247 e. The number of carbonyl (C=O) groups is 1. The van der Waals surface area contributed by atoms with Gasteiger partial charge in [0.05, 0.1) is 0 Å². The molecule has 0 saturated heterocycles. The predicted octanol–water partition coefficient (Wildman–Crippen LogP) is 2.69. The van der Waals surface area contributed by atoms with Gasteiger partial charge in [0.25, 0.3) is 0 Å². The minimum Gasteiger partial charge on any atom is -0.362 e. The zero-order valence-electron chi connectivity index (χ0n) is 10.8. The molecule has 0 aromatic heterocycles. The molecule has 1 atom stereocenters. The predicted molar refractivity (Wildman–Crippen MR) is 77.4 cm³/mol. The first kappa shape index (κ1) is 11.8. The number of fused-ring (bicyclic) bond motifs is 1. The van der Waals surface area contributed by atoms with Crippen LogP contribution in [0.3, 0.4) is 0 Å². The summed E-state index contributed by atoms with van der Waals surface area (Å²) in [7, 11) is 1.97. The van der Waals surface area contributed by atoms with Crippen molar-refractivity contribution in [1.29, 1.82) is 0 Å². The number of para-hydroxylation sites is 2. The Balaban J connectivity index is 1.77. The highest BCUT2D eigenvalue weighted by Gasteiger charge is 2.31. The van der Waals surface area contributed by atoms with Crippen molar-refractivity contribution in [3.63, 3.8) is 0 Å². The first-order valence-corrected chi connectivity index (χ1v) is 6.42. The Morgan fingerprint density at radius 3 is 2.53 bits per heavy atom. The summed E-state index contributed by atoms with van der Waals surface area (Å²) in [6, 6.07) is 17.6. The van der Waals surface area contributed by atoms with Gasteiger partial charge in [-0.3, -0.25) is 4.79 Å². The maximum absolute atomic E-state index is 12.3. The van der Waals surface area contributed by atoms with Crippen LogP contribution in [0.15, 0.2) is 54.6 Å². The first-order valence-electron chi connectivity index (χ1n) is 6.42. The molecule has 2 aromatic carbocycles. The highest BCUT2D eigenvalue weighted by atomic mass is 16.2. The number of hydrogen-bond acceptors (Lipinski definition) is 2. The van der Waals surface area contributed by atoms with E-state index in [0.29, 0.717) is 0 Å². The molecule has 3 nitrogen and oxygen atoms in total. The molecule has 0 spiro atoms. The van der Waals surface area contributed by atoms with Gasteiger partial charge in [-0.2, -0.15) is 0 Å². The summed E-state index contributed by atoms with van der Waals surface area (Å²) in [5, 5.41) is 2.97. The zero-order chi connectivity index (χ0) is 13.2. The SMILES string of the molecule is CN1c2ccccc2CC1C(=O)Nc1ccccc1. The molecular formula is C16H16N2O. The lowest BCUT2D eigenvalue weighted by molar-refractivity contribution is -0.117. The number of rotatable bonds is 2. The van der Waals surface area contributed by atoms with Gasteiger partial charge in [0.2, 0.25) is 5.91 Å². The lowest BCUT2D eigenvalue weighted by Gasteiger charge is -2.21. The quantitative estimate of drug-likeness (QED) is 0.891. The van der Waals surface area contributed by atoms with Crippen LogP contribution in [0.5, 0.6) is 0 Å². The topological polar surface area (TPSA) is 32.3 Å². The van der Waals surface area contributed by atoms with Crippen molar-refractivity contribution in [2.75, 3.05) is 17.3 Å². The second-order valence-electron chi connectivity index (χ2n) is 4.81. The number of anilines is 2. The van der Waals surface area contributed by atoms with Crippen LogP contribution in [0.4, 0.5) is 11.4 Å². The monoisotopic (exact) mass is 252 g/mol. The molecule has 1 unspecified atom stereocenters. The van der Waals surface area contributed by atoms with Crippen LogP contribution in [0.25, 0.3) is 0 Å². The van der Waals surface area contributed by atoms with Gasteiger partial charge in [0.15, 0.2) is 0 Å². The molecule has 0 aliphatic carbocycles. The summed E-state index contributed by atoms with van der Waals surface area (Å²) < 4.78 is 0. The van der Waals surface area contributed by atoms with Gasteiger partial charge in [-0.1, -0.05) is 36.4 Å². The second kappa shape index (κ2) is 4.76. The molecule has 1 heterocycles. The molecule has 1 N–H and O–H groups in total. The molecular weight excluding hydrogens is 236 g/mol. The average Bonchev–Trinajstić information content (AvgIpc) is 2.78. The van der Waals surface area contributed by atoms with Gasteiger partial charge in [0.1, 0.15) is 6.04 Å². The third-order valence-corrected chi connectivity index (χ3v) is 3.60. The van der Waals surface area contributed by atoms with E-state index in [1.807, 2.05) is 54.4 Å². The van der Waals surface area contributed by atoms with Crippen LogP contribution in [0.1, 0.15) is 5.56 Å². The molecule has 3 heteroatoms. The summed E-state index contributed by atoms with van der Waals surface area (Å²) in [5.41, 5.74) is 3.23. The van der Waals surface area contributed by atoms with Crippen LogP contribution < -0.4 is 10.2 Å². The van der Waals surface area contributed by atoms with Crippen molar-refractivity contribution in [3.8, 4) is 0 Å². The summed E-state index contributed by atoms with van der Waals surface area (Å²) in [4.78, 5) is 14.4. The zero-order valence-corrected chi connectivity index (χ0v) is 10.8. The van der Waals surface area contributed by atoms with Gasteiger partial charge in [-0.15, -0.1) is 0 Å². The molecule has 1 aliphatic heterocycles. The first-order chi connectivity index (χ1) is 9.25. The van der Waals surface area contributed by atoms with Crippen molar-refractivity contribution >= 4 is 17.3 Å². The molecule has 1 aliphatic rings. The highest BCUT2D eigenvalue weighted by Crippen LogP contribution is 2.30. The van der Waals surface area contributed by atoms with Crippen LogP contribution in [0, 0.1) is 0 Å². The lowest BCUT2D eigenvalue weighted by atomic mass is 10.1. The lowest BCUT2D eigenvalue weighted by Crippen LogP contribution is -2.39. The molecule has 19 heavy (non-hydrogen) atoms. The summed E-state index contributed by atoms with van der Waals surface area (Å²) in [5.74, 6) is 0.0462. The van der Waals surface area contributed by atoms with E-state index in [9.17, 15) is 4.79 Å². The Labute approximate surface area is 112 Å². The van der Waals surface area contributed by atoms with E-state index in [4.69, 9.17) is 0 Å². The van der Waals surface area contributed by atoms with Gasteiger partial charge >= 0.3 is 0 Å². The smallest absolute Gasteiger partial charge is 0.247 e. The molecule has 0 fully saturated rings. The summed E-state index contributed by atoms with van der Waals surface area (Å²) in [6.07, 6.45) is 0.769. The second-order valence-corrected chi connectivity index (χ2v) is 4.81. The minimum absolute atomic E-state index is 0.0462. The molecule has 96 valence electrons. The van der Waals surface area contributed by atoms with Crippen molar-refractivity contribution < 1.29 is 4.79 Å². The Morgan fingerprint density at radius 2 is 1.79 bits per heavy atom. The number of amides is 1. The van der Waals surface area contributed by atoms with Crippen LogP contribution in [-0.2, 0) is 11.2 Å². The Bertz CT molecular complexity index is 595. The summed E-state index contributed by atoms with van der Waals surface area (Å²) >= 11 is 0. The average molecular weight is 252 g/mol. The van der Waals surface area contributed by atoms with E-state index >= 15 is 0 Å². The number of nitrogens with one attached hydrogen (secondary N) is 1. The fraction of sp³-hybridized carbons (Fsp3) is 0.188. The number of likely N-dealkylation sites (N-methyl/N-ethyl adjacent to an activating group) is 1. The van der Waals surface area contributed by atoms with Gasteiger partial charge in [-0.25, -0.2) is 0 Å². The van der Waals surface area contributed by atoms with Crippen LogP contribution >= 0.6 is 0 Å². The molecule has 1 amide bonds. The van der Waals surface area contributed by atoms with Crippen molar-refractivity contribution in [2.24, 2.45) is 0 Å². The Hall–Kier alpha value is -2.29. The van der Waals surface area contributed by atoms with E-state index in [1.165, 1.54) is 5.56 Å². The maximum atomic E-state index is 12.3. The molecule has 0 saturated carbocycles. The Kier molecular flexibility index (Phi) is 2.95. The number of benzene rings is 2. The number of carbonyl (C=O) groups excluding carboxylic acids is 1. The minimum atomic E-state index is -0.127. The van der Waals surface area contributed by atoms with Gasteiger partial charge in [0, 0.05) is 24.8 Å². The van der Waals surface area contributed by atoms with Crippen LogP contribution in [0.2, 0.25) is 0 Å². The molecule has 3 rings (SSSR count). The van der Waals surface area contributed by atoms with Gasteiger partial charge in [-0.05, 0) is 23.8 Å². The fourth-order valence-electron chi connectivity index (χ4n) is 2.56. The summed E-state index contributed by atoms with van der Waals surface area (Å²) in [6.45, 7) is 0. The standard InChI is InChI=1S/C16H16N2O/c1-18-14-10-6-5-7-12(14)11-15(18)16(19)17-13-8-3-2-4-9-13/h2-10,15H,11H2,1H3,(H,17,19). The Morgan fingerprint density at radius 1 is 1.11 bits per heavy atom. The highest BCUT2D eigenvalue weighted by molar-refractivity contribution is 5.98.